The van der Waals surface area contributed by atoms with Gasteiger partial charge in [0.25, 0.3) is 5.91 Å². The Morgan fingerprint density at radius 3 is 3.00 bits per heavy atom. The van der Waals surface area contributed by atoms with Crippen LogP contribution in [0, 0.1) is 0 Å². The van der Waals surface area contributed by atoms with Crippen LogP contribution in [0.25, 0.3) is 0 Å². The van der Waals surface area contributed by atoms with E-state index in [0.29, 0.717) is 0 Å². The van der Waals surface area contributed by atoms with E-state index >= 15 is 0 Å². The Kier molecular flexibility index (Phi) is 4.73. The second-order valence-corrected chi connectivity index (χ2v) is 6.20. The number of carbonyl (C=O) groups excluding carboxylic acids is 1. The number of rotatable bonds is 4. The Bertz CT molecular complexity index is 688. The van der Waals surface area contributed by atoms with Gasteiger partial charge in [0, 0.05) is 27.6 Å². The van der Waals surface area contributed by atoms with Crippen LogP contribution in [0.2, 0.25) is 0 Å². The maximum Gasteiger partial charge on any atom is 0.262 e. The van der Waals surface area contributed by atoms with E-state index in [2.05, 4.69) is 26.2 Å². The molecule has 5 heteroatoms. The van der Waals surface area contributed by atoms with E-state index in [1.807, 2.05) is 30.3 Å². The van der Waals surface area contributed by atoms with Gasteiger partial charge in [-0.1, -0.05) is 22.0 Å². The molecule has 0 unspecified atom stereocenters. The highest BCUT2D eigenvalue weighted by Crippen LogP contribution is 2.27. The first-order valence-electron chi connectivity index (χ1n) is 7.37. The number of hydrogen-bond acceptors (Lipinski definition) is 3. The minimum Gasteiger partial charge on any atom is -0.483 e. The third kappa shape index (κ3) is 3.65. The zero-order chi connectivity index (χ0) is 15.4. The summed E-state index contributed by atoms with van der Waals surface area (Å²) in [5.41, 5.74) is 3.01. The fourth-order valence-corrected chi connectivity index (χ4v) is 3.03. The molecule has 2 aromatic rings. The summed E-state index contributed by atoms with van der Waals surface area (Å²) in [4.78, 5) is 16.4. The average molecular weight is 361 g/mol. The van der Waals surface area contributed by atoms with Gasteiger partial charge in [0.1, 0.15) is 5.75 Å². The first-order valence-corrected chi connectivity index (χ1v) is 8.16. The number of fused-ring (bicyclic) bond motifs is 1. The maximum absolute atomic E-state index is 12.0. The van der Waals surface area contributed by atoms with Gasteiger partial charge in [-0.25, -0.2) is 0 Å². The van der Waals surface area contributed by atoms with Gasteiger partial charge in [-0.15, -0.1) is 0 Å². The van der Waals surface area contributed by atoms with Crippen molar-refractivity contribution < 1.29 is 9.53 Å². The number of aromatic nitrogens is 1. The van der Waals surface area contributed by atoms with Crippen LogP contribution in [0.1, 0.15) is 24.1 Å². The van der Waals surface area contributed by atoms with Crippen molar-refractivity contribution in [2.45, 2.75) is 25.7 Å². The van der Waals surface area contributed by atoms with Gasteiger partial charge >= 0.3 is 0 Å². The fraction of sp³-hybridized carbons (Fsp3) is 0.294. The Balaban J connectivity index is 1.62. The van der Waals surface area contributed by atoms with Crippen LogP contribution in [-0.4, -0.2) is 17.5 Å². The summed E-state index contributed by atoms with van der Waals surface area (Å²) < 4.78 is 6.63. The van der Waals surface area contributed by atoms with Crippen LogP contribution in [0.4, 0.5) is 5.69 Å². The van der Waals surface area contributed by atoms with Gasteiger partial charge in [-0.05, 0) is 49.9 Å². The topological polar surface area (TPSA) is 51.2 Å². The van der Waals surface area contributed by atoms with Crippen LogP contribution >= 0.6 is 15.9 Å². The molecule has 1 heterocycles. The zero-order valence-electron chi connectivity index (χ0n) is 12.1. The van der Waals surface area contributed by atoms with E-state index < -0.39 is 0 Å². The number of pyridine rings is 1. The number of halogens is 1. The van der Waals surface area contributed by atoms with Gasteiger partial charge in [-0.3, -0.25) is 9.78 Å². The lowest BCUT2D eigenvalue weighted by molar-refractivity contribution is -0.118. The van der Waals surface area contributed by atoms with Crippen molar-refractivity contribution in [2.75, 3.05) is 11.9 Å². The molecule has 1 aliphatic carbocycles. The number of anilines is 1. The van der Waals surface area contributed by atoms with Crippen LogP contribution in [0.15, 0.2) is 41.0 Å². The number of amides is 1. The molecule has 0 spiro atoms. The van der Waals surface area contributed by atoms with Crippen molar-refractivity contribution in [3.63, 3.8) is 0 Å². The minimum atomic E-state index is -0.167. The van der Waals surface area contributed by atoms with Crippen molar-refractivity contribution in [1.82, 2.24) is 4.98 Å². The molecule has 0 bridgehead atoms. The number of aryl methyl sites for hydroxylation is 1. The summed E-state index contributed by atoms with van der Waals surface area (Å²) in [5, 5.41) is 2.82. The second-order valence-electron chi connectivity index (χ2n) is 5.29. The van der Waals surface area contributed by atoms with E-state index in [1.54, 1.807) is 6.20 Å². The van der Waals surface area contributed by atoms with E-state index in [1.165, 1.54) is 6.42 Å². The van der Waals surface area contributed by atoms with Crippen molar-refractivity contribution in [3.05, 3.63) is 52.3 Å². The Hall–Kier alpha value is -1.88. The normalized spacial score (nSPS) is 13.3. The molecule has 1 N–H and O–H groups in total. The van der Waals surface area contributed by atoms with E-state index in [4.69, 9.17) is 4.74 Å². The summed E-state index contributed by atoms with van der Waals surface area (Å²) in [6.07, 6.45) is 6.06. The number of ether oxygens (including phenoxy) is 1. The predicted molar refractivity (Wildman–Crippen MR) is 89.1 cm³/mol. The Morgan fingerprint density at radius 2 is 2.14 bits per heavy atom. The lowest BCUT2D eigenvalue weighted by Crippen LogP contribution is -2.21. The molecule has 1 aromatic heterocycles. The quantitative estimate of drug-likeness (QED) is 0.903. The van der Waals surface area contributed by atoms with E-state index in [9.17, 15) is 4.79 Å². The monoisotopic (exact) mass is 360 g/mol. The molecule has 4 nitrogen and oxygen atoms in total. The third-order valence-electron chi connectivity index (χ3n) is 3.66. The number of carbonyl (C=O) groups is 1. The lowest BCUT2D eigenvalue weighted by atomic mass is 9.95. The Morgan fingerprint density at radius 1 is 1.27 bits per heavy atom. The highest BCUT2D eigenvalue weighted by Gasteiger charge is 2.15. The molecular formula is C17H17BrN2O2. The lowest BCUT2D eigenvalue weighted by Gasteiger charge is -2.18. The van der Waals surface area contributed by atoms with Crippen molar-refractivity contribution in [3.8, 4) is 5.75 Å². The molecule has 0 aliphatic heterocycles. The first-order chi connectivity index (χ1) is 10.7. The van der Waals surface area contributed by atoms with Gasteiger partial charge in [-0.2, -0.15) is 0 Å². The molecule has 0 atom stereocenters. The highest BCUT2D eigenvalue weighted by molar-refractivity contribution is 9.10. The van der Waals surface area contributed by atoms with Gasteiger partial charge < -0.3 is 10.1 Å². The smallest absolute Gasteiger partial charge is 0.262 e. The largest absolute Gasteiger partial charge is 0.483 e. The number of benzene rings is 1. The van der Waals surface area contributed by atoms with Crippen LogP contribution < -0.4 is 10.1 Å². The number of nitrogens with one attached hydrogen (secondary N) is 1. The summed E-state index contributed by atoms with van der Waals surface area (Å²) >= 11 is 3.38. The summed E-state index contributed by atoms with van der Waals surface area (Å²) in [6, 6.07) is 9.33. The average Bonchev–Trinajstić information content (AvgIpc) is 2.53. The summed E-state index contributed by atoms with van der Waals surface area (Å²) in [7, 11) is 0. The molecular weight excluding hydrogens is 344 g/mol. The van der Waals surface area contributed by atoms with E-state index in [0.717, 1.165) is 46.4 Å². The summed E-state index contributed by atoms with van der Waals surface area (Å²) in [6.45, 7) is 0.00294. The maximum atomic E-state index is 12.0. The van der Waals surface area contributed by atoms with Gasteiger partial charge in [0.05, 0.1) is 0 Å². The fourth-order valence-electron chi connectivity index (χ4n) is 2.63. The van der Waals surface area contributed by atoms with Gasteiger partial charge in [0.15, 0.2) is 6.61 Å². The molecule has 114 valence electrons. The molecule has 1 aromatic carbocycles. The van der Waals surface area contributed by atoms with Crippen LogP contribution in [-0.2, 0) is 17.6 Å². The highest BCUT2D eigenvalue weighted by atomic mass is 79.9. The predicted octanol–water partition coefficient (Wildman–Crippen LogP) is 3.74. The van der Waals surface area contributed by atoms with Crippen LogP contribution in [0.5, 0.6) is 5.75 Å². The molecule has 22 heavy (non-hydrogen) atoms. The summed E-state index contributed by atoms with van der Waals surface area (Å²) in [5.74, 6) is 0.619. The molecule has 1 amide bonds. The number of nitrogens with zero attached hydrogens (tertiary/aromatic N) is 1. The molecule has 0 radical (unpaired) electrons. The Labute approximate surface area is 138 Å². The van der Waals surface area contributed by atoms with Crippen LogP contribution in [0.3, 0.4) is 0 Å². The standard InChI is InChI=1S/C17H17BrN2O2/c18-12-4-3-5-13(10-12)20-17(21)11-22-16-8-9-19-15-7-2-1-6-14(15)16/h3-5,8-10H,1-2,6-7,11H2,(H,20,21). The van der Waals surface area contributed by atoms with Crippen molar-refractivity contribution >= 4 is 27.5 Å². The molecule has 0 saturated heterocycles. The number of hydrogen-bond donors (Lipinski definition) is 1. The second kappa shape index (κ2) is 6.92. The molecule has 3 rings (SSSR count). The van der Waals surface area contributed by atoms with Crippen molar-refractivity contribution in [2.24, 2.45) is 0 Å². The minimum absolute atomic E-state index is 0.00294. The zero-order valence-corrected chi connectivity index (χ0v) is 13.7. The SMILES string of the molecule is O=C(COc1ccnc2c1CCCC2)Nc1cccc(Br)c1. The molecule has 1 aliphatic rings. The van der Waals surface area contributed by atoms with Gasteiger partial charge in [0.2, 0.25) is 0 Å². The van der Waals surface area contributed by atoms with Crippen molar-refractivity contribution in [1.29, 1.82) is 0 Å². The first kappa shape index (κ1) is 15.0. The third-order valence-corrected chi connectivity index (χ3v) is 4.15. The van der Waals surface area contributed by atoms with E-state index in [-0.39, 0.29) is 12.5 Å². The molecule has 0 fully saturated rings. The molecule has 0 saturated carbocycles.